The van der Waals surface area contributed by atoms with Crippen molar-refractivity contribution in [3.8, 4) is 5.75 Å². The minimum atomic E-state index is 0. The van der Waals surface area contributed by atoms with Crippen LogP contribution in [0.3, 0.4) is 0 Å². The Morgan fingerprint density at radius 3 is 3.12 bits per heavy atom. The number of methoxy groups -OCH3 is 1. The lowest BCUT2D eigenvalue weighted by atomic mass is 9.99. The number of rotatable bonds is 1. The van der Waals surface area contributed by atoms with Gasteiger partial charge in [0.2, 0.25) is 5.91 Å². The Morgan fingerprint density at radius 1 is 1.41 bits per heavy atom. The second-order valence-corrected chi connectivity index (χ2v) is 4.26. The third-order valence-electron chi connectivity index (χ3n) is 3.27. The van der Waals surface area contributed by atoms with Gasteiger partial charge in [0.15, 0.2) is 0 Å². The van der Waals surface area contributed by atoms with Crippen LogP contribution in [0.4, 0.5) is 0 Å². The Kier molecular flexibility index (Phi) is 2.28. The van der Waals surface area contributed by atoms with Crippen molar-refractivity contribution in [2.24, 2.45) is 0 Å². The molecule has 1 aromatic carbocycles. The lowest BCUT2D eigenvalue weighted by Crippen LogP contribution is -2.28. The van der Waals surface area contributed by atoms with E-state index in [0.717, 1.165) is 28.6 Å². The molecule has 0 saturated heterocycles. The highest BCUT2D eigenvalue weighted by atomic mass is 16.5. The van der Waals surface area contributed by atoms with Gasteiger partial charge in [-0.1, -0.05) is 0 Å². The zero-order valence-corrected chi connectivity index (χ0v) is 9.67. The summed E-state index contributed by atoms with van der Waals surface area (Å²) in [6, 6.07) is 3.91. The summed E-state index contributed by atoms with van der Waals surface area (Å²) in [4.78, 5) is 14.9. The molecule has 1 aromatic heterocycles. The summed E-state index contributed by atoms with van der Waals surface area (Å²) in [7, 11) is 1.64. The first-order chi connectivity index (χ1) is 8.29. The molecule has 0 aliphatic carbocycles. The van der Waals surface area contributed by atoms with Crippen LogP contribution < -0.4 is 10.1 Å². The molecule has 2 aromatic rings. The quantitative estimate of drug-likeness (QED) is 0.791. The molecule has 92 valence electrons. The molecule has 0 atom stereocenters. The van der Waals surface area contributed by atoms with E-state index in [2.05, 4.69) is 10.3 Å². The number of nitrogens with one attached hydrogen (secondary N) is 2. The third kappa shape index (κ3) is 1.56. The minimum Gasteiger partial charge on any atom is -0.496 e. The van der Waals surface area contributed by atoms with E-state index in [1.165, 1.54) is 5.56 Å². The Balaban J connectivity index is 0.000000902. The van der Waals surface area contributed by atoms with Crippen molar-refractivity contribution in [1.29, 1.82) is 0 Å². The molecule has 0 spiro atoms. The Hall–Kier alpha value is -1.97. The molecule has 4 nitrogen and oxygen atoms in total. The SMILES string of the molecule is COc1ccc2[nH]cc3c2c1CC(=O)NCC3.[HH].[HH]. The van der Waals surface area contributed by atoms with Gasteiger partial charge in [-0.3, -0.25) is 4.79 Å². The molecule has 0 unspecified atom stereocenters. The van der Waals surface area contributed by atoms with Crippen LogP contribution in [0, 0.1) is 0 Å². The topological polar surface area (TPSA) is 54.1 Å². The van der Waals surface area contributed by atoms with Crippen molar-refractivity contribution in [3.63, 3.8) is 0 Å². The van der Waals surface area contributed by atoms with Crippen molar-refractivity contribution in [2.45, 2.75) is 12.8 Å². The van der Waals surface area contributed by atoms with Crippen LogP contribution in [0.15, 0.2) is 18.3 Å². The van der Waals surface area contributed by atoms with Crippen LogP contribution in [0.25, 0.3) is 10.9 Å². The minimum absolute atomic E-state index is 0. The van der Waals surface area contributed by atoms with Crippen molar-refractivity contribution < 1.29 is 12.4 Å². The average Bonchev–Trinajstić information content (AvgIpc) is 2.71. The zero-order valence-electron chi connectivity index (χ0n) is 9.67. The molecule has 3 rings (SSSR count). The van der Waals surface area contributed by atoms with Crippen LogP contribution >= 0.6 is 0 Å². The number of H-pyrrole nitrogens is 1. The Morgan fingerprint density at radius 2 is 2.29 bits per heavy atom. The molecule has 4 heteroatoms. The average molecular weight is 234 g/mol. The number of hydrogen-bond donors (Lipinski definition) is 2. The number of aromatic nitrogens is 1. The number of hydrogen-bond acceptors (Lipinski definition) is 2. The first-order valence-corrected chi connectivity index (χ1v) is 5.72. The van der Waals surface area contributed by atoms with Crippen molar-refractivity contribution in [1.82, 2.24) is 10.3 Å². The summed E-state index contributed by atoms with van der Waals surface area (Å²) in [6.45, 7) is 0.697. The molecule has 0 bridgehead atoms. The highest BCUT2D eigenvalue weighted by Crippen LogP contribution is 2.31. The number of carbonyl (C=O) groups excluding carboxylic acids is 1. The highest BCUT2D eigenvalue weighted by molar-refractivity contribution is 5.93. The molecule has 1 aliphatic heterocycles. The fourth-order valence-electron chi connectivity index (χ4n) is 2.48. The van der Waals surface area contributed by atoms with Crippen molar-refractivity contribution in [3.05, 3.63) is 29.5 Å². The normalized spacial score (nSPS) is 15.2. The Labute approximate surface area is 102 Å². The fourth-order valence-corrected chi connectivity index (χ4v) is 2.48. The van der Waals surface area contributed by atoms with Gasteiger partial charge in [0.1, 0.15) is 5.75 Å². The number of benzene rings is 1. The molecule has 0 fully saturated rings. The maximum Gasteiger partial charge on any atom is 0.224 e. The van der Waals surface area contributed by atoms with Gasteiger partial charge in [-0.2, -0.15) is 0 Å². The second kappa shape index (κ2) is 3.80. The predicted molar refractivity (Wildman–Crippen MR) is 69.5 cm³/mol. The standard InChI is InChI=1S/C13H14N2O2.2H2/c1-17-11-3-2-10-13-8(7-15-10)4-5-14-12(16)6-9(11)13;;/h2-3,7,15H,4-6H2,1H3,(H,14,16);2*1H. The van der Waals surface area contributed by atoms with Gasteiger partial charge in [0, 0.05) is 32.1 Å². The van der Waals surface area contributed by atoms with Gasteiger partial charge in [-0.15, -0.1) is 0 Å². The smallest absolute Gasteiger partial charge is 0.224 e. The molecule has 0 saturated carbocycles. The van der Waals surface area contributed by atoms with Crippen LogP contribution in [-0.4, -0.2) is 24.5 Å². The van der Waals surface area contributed by atoms with Crippen LogP contribution in [0.1, 0.15) is 14.0 Å². The van der Waals surface area contributed by atoms with E-state index in [1.54, 1.807) is 7.11 Å². The maximum absolute atomic E-state index is 11.7. The van der Waals surface area contributed by atoms with E-state index in [0.29, 0.717) is 13.0 Å². The van der Waals surface area contributed by atoms with Gasteiger partial charge < -0.3 is 15.0 Å². The van der Waals surface area contributed by atoms with Crippen LogP contribution in [0.2, 0.25) is 0 Å². The first-order valence-electron chi connectivity index (χ1n) is 5.72. The molecular formula is C13H18N2O2. The van der Waals surface area contributed by atoms with E-state index in [4.69, 9.17) is 4.74 Å². The highest BCUT2D eigenvalue weighted by Gasteiger charge is 2.18. The van der Waals surface area contributed by atoms with E-state index in [-0.39, 0.29) is 8.76 Å². The summed E-state index contributed by atoms with van der Waals surface area (Å²) in [6.07, 6.45) is 3.25. The molecular weight excluding hydrogens is 216 g/mol. The van der Waals surface area contributed by atoms with Crippen LogP contribution in [0.5, 0.6) is 5.75 Å². The summed E-state index contributed by atoms with van der Waals surface area (Å²) >= 11 is 0. The van der Waals surface area contributed by atoms with Gasteiger partial charge >= 0.3 is 0 Å². The Bertz CT molecular complexity index is 596. The predicted octanol–water partition coefficient (Wildman–Crippen LogP) is 1.88. The van der Waals surface area contributed by atoms with E-state index in [9.17, 15) is 4.79 Å². The van der Waals surface area contributed by atoms with Gasteiger partial charge in [0.25, 0.3) is 0 Å². The van der Waals surface area contributed by atoms with Gasteiger partial charge in [-0.05, 0) is 24.1 Å². The monoisotopic (exact) mass is 234 g/mol. The summed E-state index contributed by atoms with van der Waals surface area (Å²) in [5, 5.41) is 4.05. The molecule has 1 amide bonds. The first kappa shape index (κ1) is 10.2. The molecule has 0 radical (unpaired) electrons. The maximum atomic E-state index is 11.7. The van der Waals surface area contributed by atoms with E-state index in [1.807, 2.05) is 18.3 Å². The summed E-state index contributed by atoms with van der Waals surface area (Å²) in [5.41, 5.74) is 3.30. The second-order valence-electron chi connectivity index (χ2n) is 4.26. The lowest BCUT2D eigenvalue weighted by Gasteiger charge is -2.14. The van der Waals surface area contributed by atoms with Gasteiger partial charge in [-0.25, -0.2) is 0 Å². The molecule has 1 aliphatic rings. The van der Waals surface area contributed by atoms with Crippen molar-refractivity contribution >= 4 is 16.8 Å². The van der Waals surface area contributed by atoms with E-state index >= 15 is 0 Å². The number of aromatic amines is 1. The number of amides is 1. The number of ether oxygens (including phenoxy) is 1. The zero-order chi connectivity index (χ0) is 11.8. The van der Waals surface area contributed by atoms with Crippen molar-refractivity contribution in [2.75, 3.05) is 13.7 Å². The van der Waals surface area contributed by atoms with E-state index < -0.39 is 0 Å². The lowest BCUT2D eigenvalue weighted by molar-refractivity contribution is -0.120. The third-order valence-corrected chi connectivity index (χ3v) is 3.27. The molecule has 2 N–H and O–H groups in total. The molecule has 17 heavy (non-hydrogen) atoms. The number of carbonyl (C=O) groups is 1. The van der Waals surface area contributed by atoms with Crippen LogP contribution in [-0.2, 0) is 17.6 Å². The van der Waals surface area contributed by atoms with Gasteiger partial charge in [0.05, 0.1) is 13.5 Å². The largest absolute Gasteiger partial charge is 0.496 e. The summed E-state index contributed by atoms with van der Waals surface area (Å²) < 4.78 is 5.35. The molecule has 2 heterocycles. The summed E-state index contributed by atoms with van der Waals surface area (Å²) in [5.74, 6) is 0.845. The fraction of sp³-hybridized carbons (Fsp3) is 0.308.